The standard InChI is InChI=1S/C18H17N3O/c1-11-16(19)8-13(9-17(11)20)21-10-15-14-5-3-2-4-12(14)6-7-18(15)22/h2-10,22H,19-20H2,1H3. The first kappa shape index (κ1) is 13.9. The largest absolute Gasteiger partial charge is 0.507 e. The van der Waals surface area contributed by atoms with Gasteiger partial charge in [0.2, 0.25) is 0 Å². The summed E-state index contributed by atoms with van der Waals surface area (Å²) in [6.07, 6.45) is 1.64. The number of aliphatic imine (C=N–C) groups is 1. The lowest BCUT2D eigenvalue weighted by Gasteiger charge is -2.07. The predicted octanol–water partition coefficient (Wildman–Crippen LogP) is 3.77. The first-order valence-corrected chi connectivity index (χ1v) is 6.96. The topological polar surface area (TPSA) is 84.6 Å². The Kier molecular flexibility index (Phi) is 3.43. The van der Waals surface area contributed by atoms with Crippen molar-refractivity contribution in [3.05, 3.63) is 59.7 Å². The fourth-order valence-electron chi connectivity index (χ4n) is 2.38. The van der Waals surface area contributed by atoms with Crippen LogP contribution in [0.5, 0.6) is 5.75 Å². The third-order valence-corrected chi connectivity index (χ3v) is 3.76. The van der Waals surface area contributed by atoms with Crippen LogP contribution in [0.15, 0.2) is 53.5 Å². The van der Waals surface area contributed by atoms with Crippen molar-refractivity contribution in [2.45, 2.75) is 6.92 Å². The van der Waals surface area contributed by atoms with Crippen LogP contribution >= 0.6 is 0 Å². The zero-order valence-corrected chi connectivity index (χ0v) is 12.2. The molecule has 3 aromatic rings. The smallest absolute Gasteiger partial charge is 0.124 e. The van der Waals surface area contributed by atoms with Crippen LogP contribution in [-0.4, -0.2) is 11.3 Å². The fraction of sp³-hybridized carbons (Fsp3) is 0.0556. The van der Waals surface area contributed by atoms with Crippen molar-refractivity contribution in [2.24, 2.45) is 4.99 Å². The van der Waals surface area contributed by atoms with Crippen LogP contribution in [0, 0.1) is 6.92 Å². The number of fused-ring (bicyclic) bond motifs is 1. The minimum atomic E-state index is 0.190. The molecule has 0 heterocycles. The highest BCUT2D eigenvalue weighted by molar-refractivity contribution is 6.03. The molecule has 0 aliphatic heterocycles. The Morgan fingerprint density at radius 1 is 1.00 bits per heavy atom. The number of hydrogen-bond acceptors (Lipinski definition) is 4. The Morgan fingerprint density at radius 2 is 1.68 bits per heavy atom. The minimum absolute atomic E-state index is 0.190. The molecule has 0 bridgehead atoms. The van der Waals surface area contributed by atoms with Crippen molar-refractivity contribution in [1.29, 1.82) is 0 Å². The summed E-state index contributed by atoms with van der Waals surface area (Å²) in [7, 11) is 0. The number of aromatic hydroxyl groups is 1. The number of phenolic OH excluding ortho intramolecular Hbond substituents is 1. The van der Waals surface area contributed by atoms with Gasteiger partial charge < -0.3 is 16.6 Å². The Hall–Kier alpha value is -3.01. The molecule has 5 N–H and O–H groups in total. The molecule has 0 fully saturated rings. The van der Waals surface area contributed by atoms with Gasteiger partial charge in [0, 0.05) is 23.2 Å². The molecule has 0 spiro atoms. The summed E-state index contributed by atoms with van der Waals surface area (Å²) in [4.78, 5) is 4.41. The summed E-state index contributed by atoms with van der Waals surface area (Å²) in [5, 5.41) is 12.1. The molecule has 0 aromatic heterocycles. The van der Waals surface area contributed by atoms with Crippen LogP contribution in [0.2, 0.25) is 0 Å². The van der Waals surface area contributed by atoms with Crippen LogP contribution in [0.3, 0.4) is 0 Å². The van der Waals surface area contributed by atoms with E-state index in [-0.39, 0.29) is 5.75 Å². The Bertz CT molecular complexity index is 862. The van der Waals surface area contributed by atoms with Gasteiger partial charge in [0.05, 0.1) is 5.69 Å². The molecule has 4 nitrogen and oxygen atoms in total. The second-order valence-corrected chi connectivity index (χ2v) is 5.23. The van der Waals surface area contributed by atoms with E-state index < -0.39 is 0 Å². The van der Waals surface area contributed by atoms with Gasteiger partial charge in [-0.15, -0.1) is 0 Å². The number of rotatable bonds is 2. The van der Waals surface area contributed by atoms with E-state index in [2.05, 4.69) is 4.99 Å². The summed E-state index contributed by atoms with van der Waals surface area (Å²) in [6, 6.07) is 14.9. The Morgan fingerprint density at radius 3 is 2.41 bits per heavy atom. The normalized spacial score (nSPS) is 11.3. The number of benzene rings is 3. The summed E-state index contributed by atoms with van der Waals surface area (Å²) < 4.78 is 0. The van der Waals surface area contributed by atoms with E-state index >= 15 is 0 Å². The lowest BCUT2D eigenvalue weighted by Crippen LogP contribution is -1.95. The minimum Gasteiger partial charge on any atom is -0.507 e. The van der Waals surface area contributed by atoms with Crippen molar-refractivity contribution in [3.63, 3.8) is 0 Å². The second kappa shape index (κ2) is 5.41. The van der Waals surface area contributed by atoms with Crippen molar-refractivity contribution >= 4 is 34.0 Å². The average Bonchev–Trinajstić information content (AvgIpc) is 2.51. The van der Waals surface area contributed by atoms with E-state index in [0.29, 0.717) is 22.6 Å². The van der Waals surface area contributed by atoms with E-state index in [0.717, 1.165) is 16.3 Å². The number of phenols is 1. The van der Waals surface area contributed by atoms with E-state index in [9.17, 15) is 5.11 Å². The van der Waals surface area contributed by atoms with Gasteiger partial charge in [-0.2, -0.15) is 0 Å². The molecule has 3 rings (SSSR count). The van der Waals surface area contributed by atoms with Crippen molar-refractivity contribution < 1.29 is 5.11 Å². The van der Waals surface area contributed by atoms with E-state index in [4.69, 9.17) is 11.5 Å². The number of nitrogen functional groups attached to an aromatic ring is 2. The van der Waals surface area contributed by atoms with E-state index in [1.165, 1.54) is 0 Å². The molecule has 0 aliphatic rings. The zero-order valence-electron chi connectivity index (χ0n) is 12.2. The number of hydrogen-bond donors (Lipinski definition) is 3. The van der Waals surface area contributed by atoms with Gasteiger partial charge in [-0.3, -0.25) is 4.99 Å². The van der Waals surface area contributed by atoms with Crippen LogP contribution in [0.1, 0.15) is 11.1 Å². The van der Waals surface area contributed by atoms with Gasteiger partial charge in [0.15, 0.2) is 0 Å². The maximum absolute atomic E-state index is 10.1. The third-order valence-electron chi connectivity index (χ3n) is 3.76. The molecule has 0 saturated heterocycles. The molecule has 0 amide bonds. The summed E-state index contributed by atoms with van der Waals surface area (Å²) >= 11 is 0. The number of anilines is 2. The summed E-state index contributed by atoms with van der Waals surface area (Å²) in [5.74, 6) is 0.190. The fourth-order valence-corrected chi connectivity index (χ4v) is 2.38. The van der Waals surface area contributed by atoms with Gasteiger partial charge in [0.1, 0.15) is 5.75 Å². The number of nitrogens with two attached hydrogens (primary N) is 2. The van der Waals surface area contributed by atoms with Crippen LogP contribution < -0.4 is 11.5 Å². The first-order chi connectivity index (χ1) is 10.6. The van der Waals surface area contributed by atoms with Gasteiger partial charge in [-0.1, -0.05) is 30.3 Å². The van der Waals surface area contributed by atoms with E-state index in [1.54, 1.807) is 24.4 Å². The molecule has 0 atom stereocenters. The highest BCUT2D eigenvalue weighted by Crippen LogP contribution is 2.28. The average molecular weight is 291 g/mol. The van der Waals surface area contributed by atoms with Gasteiger partial charge in [-0.25, -0.2) is 0 Å². The molecule has 0 saturated carbocycles. The van der Waals surface area contributed by atoms with Gasteiger partial charge in [-0.05, 0) is 41.5 Å². The molecule has 22 heavy (non-hydrogen) atoms. The molecule has 4 heteroatoms. The monoisotopic (exact) mass is 291 g/mol. The molecule has 110 valence electrons. The molecule has 3 aromatic carbocycles. The highest BCUT2D eigenvalue weighted by atomic mass is 16.3. The van der Waals surface area contributed by atoms with Gasteiger partial charge >= 0.3 is 0 Å². The summed E-state index contributed by atoms with van der Waals surface area (Å²) in [5.41, 5.74) is 15.2. The van der Waals surface area contributed by atoms with Crippen LogP contribution in [0.4, 0.5) is 17.1 Å². The quantitative estimate of drug-likeness (QED) is 0.496. The molecular formula is C18H17N3O. The Labute approximate surface area is 128 Å². The molecule has 0 radical (unpaired) electrons. The maximum atomic E-state index is 10.1. The molecular weight excluding hydrogens is 274 g/mol. The number of nitrogens with zero attached hydrogens (tertiary/aromatic N) is 1. The van der Waals surface area contributed by atoms with Crippen molar-refractivity contribution in [3.8, 4) is 5.75 Å². The highest BCUT2D eigenvalue weighted by Gasteiger charge is 2.05. The van der Waals surface area contributed by atoms with E-state index in [1.807, 2.05) is 37.3 Å². The predicted molar refractivity (Wildman–Crippen MR) is 92.9 cm³/mol. The Balaban J connectivity index is 2.08. The van der Waals surface area contributed by atoms with Crippen LogP contribution in [0.25, 0.3) is 10.8 Å². The zero-order chi connectivity index (χ0) is 15.7. The third kappa shape index (κ3) is 2.46. The lowest BCUT2D eigenvalue weighted by molar-refractivity contribution is 0.475. The van der Waals surface area contributed by atoms with Crippen molar-refractivity contribution in [2.75, 3.05) is 11.5 Å². The van der Waals surface area contributed by atoms with Gasteiger partial charge in [0.25, 0.3) is 0 Å². The molecule has 0 aliphatic carbocycles. The van der Waals surface area contributed by atoms with Crippen molar-refractivity contribution in [1.82, 2.24) is 0 Å². The molecule has 0 unspecified atom stereocenters. The first-order valence-electron chi connectivity index (χ1n) is 6.96. The van der Waals surface area contributed by atoms with Crippen LogP contribution in [-0.2, 0) is 0 Å². The maximum Gasteiger partial charge on any atom is 0.124 e. The second-order valence-electron chi connectivity index (χ2n) is 5.23. The lowest BCUT2D eigenvalue weighted by atomic mass is 10.0. The summed E-state index contributed by atoms with van der Waals surface area (Å²) in [6.45, 7) is 1.87. The SMILES string of the molecule is Cc1c(N)cc(N=Cc2c(O)ccc3ccccc23)cc1N.